The molecule has 7 nitrogen and oxygen atoms in total. The van der Waals surface area contributed by atoms with Crippen LogP contribution in [-0.2, 0) is 20.7 Å². The zero-order valence-electron chi connectivity index (χ0n) is 20.9. The van der Waals surface area contributed by atoms with Crippen molar-refractivity contribution in [3.63, 3.8) is 0 Å². The van der Waals surface area contributed by atoms with E-state index in [1.807, 2.05) is 0 Å². The van der Waals surface area contributed by atoms with Gasteiger partial charge in [-0.2, -0.15) is 11.3 Å². The van der Waals surface area contributed by atoms with Gasteiger partial charge in [0.05, 0.1) is 18.8 Å². The van der Waals surface area contributed by atoms with Gasteiger partial charge in [0.2, 0.25) is 0 Å². The summed E-state index contributed by atoms with van der Waals surface area (Å²) in [5, 5.41) is 33.8. The first-order valence-corrected chi connectivity index (χ1v) is 12.7. The van der Waals surface area contributed by atoms with Crippen LogP contribution in [0.5, 0.6) is 0 Å². The minimum atomic E-state index is -1.26. The highest BCUT2D eigenvalue weighted by molar-refractivity contribution is 7.07. The Bertz CT molecular complexity index is 966. The monoisotopic (exact) mass is 503 g/mol. The molecule has 1 aliphatic carbocycles. The van der Waals surface area contributed by atoms with E-state index in [0.717, 1.165) is 6.42 Å². The van der Waals surface area contributed by atoms with Crippen LogP contribution in [0.1, 0.15) is 55.0 Å². The van der Waals surface area contributed by atoms with E-state index in [0.29, 0.717) is 31.2 Å². The Kier molecular flexibility index (Phi) is 11.1. The highest BCUT2D eigenvalue weighted by atomic mass is 32.1. The number of hydrogen-bond acceptors (Lipinski definition) is 6. The smallest absolute Gasteiger partial charge is 0.328 e. The average molecular weight is 504 g/mol. The molecule has 1 aliphatic rings. The second-order valence-electron chi connectivity index (χ2n) is 9.67. The molecule has 2 aromatic rings. The Morgan fingerprint density at radius 1 is 1.14 bits per heavy atom. The number of aliphatic hydroxyl groups excluding tert-OH is 1. The summed E-state index contributed by atoms with van der Waals surface area (Å²) in [6, 6.07) is 8.79. The van der Waals surface area contributed by atoms with Crippen LogP contribution in [0.25, 0.3) is 0 Å². The molecule has 192 valence electrons. The first kappa shape index (κ1) is 28.7. The number of aliphatic carboxylic acids is 2. The van der Waals surface area contributed by atoms with Crippen molar-refractivity contribution >= 4 is 23.3 Å². The first-order valence-electron chi connectivity index (χ1n) is 11.7. The summed E-state index contributed by atoms with van der Waals surface area (Å²) in [5.41, 5.74) is 5.17. The number of carbonyl (C=O) groups is 2. The van der Waals surface area contributed by atoms with E-state index in [1.165, 1.54) is 35.1 Å². The predicted octanol–water partition coefficient (Wildman–Crippen LogP) is 4.52. The molecule has 4 N–H and O–H groups in total. The van der Waals surface area contributed by atoms with Gasteiger partial charge in [-0.05, 0) is 92.0 Å². The number of nitrogens with one attached hydrogen (secondary N) is 1. The van der Waals surface area contributed by atoms with Crippen LogP contribution in [0.15, 0.2) is 47.2 Å². The van der Waals surface area contributed by atoms with Gasteiger partial charge in [0.1, 0.15) is 0 Å². The van der Waals surface area contributed by atoms with Gasteiger partial charge in [-0.15, -0.1) is 0 Å². The van der Waals surface area contributed by atoms with Crippen molar-refractivity contribution in [2.75, 3.05) is 13.2 Å². The van der Waals surface area contributed by atoms with E-state index in [4.69, 9.17) is 14.9 Å². The van der Waals surface area contributed by atoms with Crippen molar-refractivity contribution in [3.05, 3.63) is 69.4 Å². The zero-order chi connectivity index (χ0) is 26.0. The average Bonchev–Trinajstić information content (AvgIpc) is 3.47. The number of benzene rings is 1. The standard InChI is InChI=1S/C23H33NO2S.C4H4O4/c1-16-5-6-18(11-17(16)2)12-23(3,4)24-13-21(25)14-26-22(19-7-8-19)20-9-10-27-15-20;5-3(6)1-2-4(7)8/h5-6,9-11,15,19,21-22,24-25H,7-8,12-14H2,1-4H3;1-2H,(H,5,6)(H,7,8)/b;2-1+/t21-,22?;/m1./s1. The fourth-order valence-corrected chi connectivity index (χ4v) is 4.32. The molecule has 8 heteroatoms. The summed E-state index contributed by atoms with van der Waals surface area (Å²) < 4.78 is 6.10. The van der Waals surface area contributed by atoms with E-state index in [1.54, 1.807) is 11.3 Å². The molecule has 0 radical (unpaired) electrons. The molecular weight excluding hydrogens is 466 g/mol. The molecule has 1 saturated carbocycles. The predicted molar refractivity (Wildman–Crippen MR) is 138 cm³/mol. The maximum absolute atomic E-state index is 10.4. The summed E-state index contributed by atoms with van der Waals surface area (Å²) in [7, 11) is 0. The molecular formula is C27H37NO6S. The molecule has 35 heavy (non-hydrogen) atoms. The Morgan fingerprint density at radius 2 is 1.80 bits per heavy atom. The lowest BCUT2D eigenvalue weighted by molar-refractivity contribution is -0.134. The van der Waals surface area contributed by atoms with Gasteiger partial charge in [0.15, 0.2) is 0 Å². The van der Waals surface area contributed by atoms with Crippen LogP contribution in [0, 0.1) is 19.8 Å². The Balaban J connectivity index is 0.000000466. The van der Waals surface area contributed by atoms with E-state index >= 15 is 0 Å². The zero-order valence-corrected chi connectivity index (χ0v) is 21.7. The third-order valence-electron chi connectivity index (χ3n) is 5.79. The van der Waals surface area contributed by atoms with Crippen LogP contribution in [0.4, 0.5) is 0 Å². The molecule has 1 heterocycles. The van der Waals surface area contributed by atoms with Crippen LogP contribution < -0.4 is 5.32 Å². The number of carboxylic acids is 2. The molecule has 0 saturated heterocycles. The number of thiophene rings is 1. The van der Waals surface area contributed by atoms with Crippen LogP contribution in [0.2, 0.25) is 0 Å². The van der Waals surface area contributed by atoms with Crippen molar-refractivity contribution in [2.45, 2.75) is 64.7 Å². The molecule has 1 unspecified atom stereocenters. The van der Waals surface area contributed by atoms with Crippen molar-refractivity contribution in [1.29, 1.82) is 0 Å². The van der Waals surface area contributed by atoms with Gasteiger partial charge in [-0.3, -0.25) is 0 Å². The van der Waals surface area contributed by atoms with E-state index < -0.39 is 18.0 Å². The fourth-order valence-electron chi connectivity index (χ4n) is 3.64. The quantitative estimate of drug-likeness (QED) is 0.315. The molecule has 2 atom stereocenters. The minimum Gasteiger partial charge on any atom is -0.478 e. The Labute approximate surface area is 211 Å². The van der Waals surface area contributed by atoms with E-state index in [2.05, 4.69) is 68.0 Å². The molecule has 3 rings (SSSR count). The molecule has 1 aromatic heterocycles. The van der Waals surface area contributed by atoms with Gasteiger partial charge < -0.3 is 25.4 Å². The van der Waals surface area contributed by atoms with Crippen LogP contribution >= 0.6 is 11.3 Å². The number of hydrogen-bond donors (Lipinski definition) is 4. The highest BCUT2D eigenvalue weighted by Crippen LogP contribution is 2.43. The first-order chi connectivity index (χ1) is 16.5. The van der Waals surface area contributed by atoms with Crippen molar-refractivity contribution < 1.29 is 29.6 Å². The van der Waals surface area contributed by atoms with Crippen molar-refractivity contribution in [1.82, 2.24) is 5.32 Å². The molecule has 0 bridgehead atoms. The highest BCUT2D eigenvalue weighted by Gasteiger charge is 2.33. The van der Waals surface area contributed by atoms with E-state index in [9.17, 15) is 14.7 Å². The topological polar surface area (TPSA) is 116 Å². The molecule has 0 aliphatic heterocycles. The summed E-state index contributed by atoms with van der Waals surface area (Å²) in [4.78, 5) is 19.1. The van der Waals surface area contributed by atoms with E-state index in [-0.39, 0.29) is 11.6 Å². The SMILES string of the molecule is Cc1ccc(CC(C)(C)NC[C@@H](O)COC(c2ccsc2)C2CC2)cc1C.O=C(O)/C=C/C(=O)O. The van der Waals surface area contributed by atoms with Crippen molar-refractivity contribution in [2.24, 2.45) is 5.92 Å². The molecule has 0 amide bonds. The number of aliphatic hydroxyl groups is 1. The Hall–Kier alpha value is -2.52. The maximum atomic E-state index is 10.4. The summed E-state index contributed by atoms with van der Waals surface area (Å²) in [5.74, 6) is -1.89. The fraction of sp³-hybridized carbons (Fsp3) is 0.481. The lowest BCUT2D eigenvalue weighted by Gasteiger charge is -2.29. The number of β-amino-alcohol motifs (C(OH)–C–C–N with tert-alkyl or cyclic N) is 1. The lowest BCUT2D eigenvalue weighted by atomic mass is 9.93. The van der Waals surface area contributed by atoms with Gasteiger partial charge in [0, 0.05) is 24.2 Å². The van der Waals surface area contributed by atoms with Gasteiger partial charge in [0.25, 0.3) is 0 Å². The van der Waals surface area contributed by atoms with Gasteiger partial charge in [-0.25, -0.2) is 9.59 Å². The molecule has 0 spiro atoms. The third kappa shape index (κ3) is 11.2. The Morgan fingerprint density at radius 3 is 2.31 bits per heavy atom. The van der Waals surface area contributed by atoms with Crippen LogP contribution in [-0.4, -0.2) is 52.1 Å². The number of ether oxygens (including phenoxy) is 1. The van der Waals surface area contributed by atoms with Crippen LogP contribution in [0.3, 0.4) is 0 Å². The summed E-state index contributed by atoms with van der Waals surface area (Å²) >= 11 is 1.71. The summed E-state index contributed by atoms with van der Waals surface area (Å²) in [6.07, 6.45) is 4.17. The van der Waals surface area contributed by atoms with Crippen molar-refractivity contribution in [3.8, 4) is 0 Å². The third-order valence-corrected chi connectivity index (χ3v) is 6.49. The second-order valence-corrected chi connectivity index (χ2v) is 10.5. The normalized spacial score (nSPS) is 15.3. The molecule has 1 fully saturated rings. The van der Waals surface area contributed by atoms with Gasteiger partial charge in [-0.1, -0.05) is 18.2 Å². The largest absolute Gasteiger partial charge is 0.478 e. The summed E-state index contributed by atoms with van der Waals surface area (Å²) in [6.45, 7) is 9.60. The second kappa shape index (κ2) is 13.5. The number of carboxylic acid groups (broad SMARTS) is 2. The lowest BCUT2D eigenvalue weighted by Crippen LogP contribution is -2.46. The number of aryl methyl sites for hydroxylation is 2. The minimum absolute atomic E-state index is 0.0775. The number of rotatable bonds is 12. The molecule has 1 aromatic carbocycles. The maximum Gasteiger partial charge on any atom is 0.328 e. The van der Waals surface area contributed by atoms with Gasteiger partial charge >= 0.3 is 11.9 Å².